The van der Waals surface area contributed by atoms with Gasteiger partial charge in [0.15, 0.2) is 0 Å². The molecular formula is C23H15Cl3F10N2O3. The number of halogens is 13. The van der Waals surface area contributed by atoms with E-state index in [1.165, 1.54) is 0 Å². The van der Waals surface area contributed by atoms with Crippen LogP contribution in [-0.4, -0.2) is 47.0 Å². The lowest BCUT2D eigenvalue weighted by molar-refractivity contribution is -0.213. The zero-order chi connectivity index (χ0) is 31.7. The Hall–Kier alpha value is -2.75. The summed E-state index contributed by atoms with van der Waals surface area (Å²) in [5.74, 6) is -7.95. The molecule has 2 atom stereocenters. The molecule has 2 amide bonds. The number of carbonyl (C=O) groups excluding carboxylic acids is 2. The van der Waals surface area contributed by atoms with Crippen LogP contribution in [0.25, 0.3) is 5.83 Å². The van der Waals surface area contributed by atoms with Crippen LogP contribution < -0.4 is 5.32 Å². The van der Waals surface area contributed by atoms with E-state index in [0.29, 0.717) is 12.1 Å². The molecule has 0 aliphatic rings. The summed E-state index contributed by atoms with van der Waals surface area (Å²) in [5, 5.41) is 8.95. The Labute approximate surface area is 239 Å². The van der Waals surface area contributed by atoms with Gasteiger partial charge in [-0.25, -0.2) is 9.45 Å². The molecule has 5 nitrogen and oxygen atoms in total. The fourth-order valence-electron chi connectivity index (χ4n) is 3.31. The van der Waals surface area contributed by atoms with Crippen molar-refractivity contribution < 1.29 is 58.7 Å². The standard InChI is InChI=1S/C23H15Cl3F10N2O3/c1-9(20(40)38(41)8-21(28,29)30)37-19(39)12-3-2-10(4-14(12)23(34,35)36)17(27)7-13(22(31,32)33)11-5-15(24)18(26)16(25)6-11/h2-7,9,13,41H,8H2,1H3,(H,37,39)/b17-7-. The Morgan fingerprint density at radius 3 is 1.98 bits per heavy atom. The summed E-state index contributed by atoms with van der Waals surface area (Å²) in [6, 6.07) is 0.430. The van der Waals surface area contributed by atoms with E-state index in [4.69, 9.17) is 34.8 Å². The molecule has 2 unspecified atom stereocenters. The molecule has 0 fully saturated rings. The number of amides is 2. The first-order chi connectivity index (χ1) is 18.5. The maximum absolute atomic E-state index is 15.0. The van der Waals surface area contributed by atoms with Crippen molar-refractivity contribution in [1.82, 2.24) is 10.4 Å². The Balaban J connectivity index is 2.47. The summed E-state index contributed by atoms with van der Waals surface area (Å²) in [5.41, 5.74) is -4.84. The number of rotatable bonds is 7. The second-order valence-corrected chi connectivity index (χ2v) is 9.49. The smallest absolute Gasteiger partial charge is 0.340 e. The number of benzene rings is 2. The van der Waals surface area contributed by atoms with Crippen LogP contribution in [0, 0.1) is 0 Å². The van der Waals surface area contributed by atoms with Gasteiger partial charge in [0.25, 0.3) is 11.8 Å². The third-order valence-corrected chi connectivity index (χ3v) is 6.37. The average molecular weight is 664 g/mol. The predicted molar refractivity (Wildman–Crippen MR) is 127 cm³/mol. The number of nitrogens with one attached hydrogen (secondary N) is 1. The predicted octanol–water partition coefficient (Wildman–Crippen LogP) is 8.22. The molecule has 0 heterocycles. The zero-order valence-corrected chi connectivity index (χ0v) is 22.2. The molecule has 2 rings (SSSR count). The minimum Gasteiger partial charge on any atom is -0.340 e. The zero-order valence-electron chi connectivity index (χ0n) is 20.0. The van der Waals surface area contributed by atoms with E-state index in [1.807, 2.05) is 0 Å². The third-order valence-electron chi connectivity index (χ3n) is 5.18. The van der Waals surface area contributed by atoms with Gasteiger partial charge < -0.3 is 5.32 Å². The normalized spacial score (nSPS) is 14.5. The third kappa shape index (κ3) is 9.12. The molecule has 0 saturated carbocycles. The summed E-state index contributed by atoms with van der Waals surface area (Å²) in [6.07, 6.45) is -15.7. The number of alkyl halides is 9. The maximum atomic E-state index is 15.0. The molecule has 0 bridgehead atoms. The quantitative estimate of drug-likeness (QED) is 0.136. The number of nitrogens with zero attached hydrogens (tertiary/aromatic N) is 1. The Morgan fingerprint density at radius 1 is 0.976 bits per heavy atom. The van der Waals surface area contributed by atoms with Crippen LogP contribution in [0.2, 0.25) is 15.1 Å². The largest absolute Gasteiger partial charge is 0.417 e. The first-order valence-corrected chi connectivity index (χ1v) is 11.8. The number of allylic oxidation sites excluding steroid dienone is 1. The molecule has 18 heteroatoms. The van der Waals surface area contributed by atoms with Gasteiger partial charge in [0, 0.05) is 5.56 Å². The van der Waals surface area contributed by atoms with E-state index in [2.05, 4.69) is 0 Å². The van der Waals surface area contributed by atoms with Gasteiger partial charge >= 0.3 is 18.5 Å². The van der Waals surface area contributed by atoms with Crippen LogP contribution >= 0.6 is 34.8 Å². The topological polar surface area (TPSA) is 69.6 Å². The number of hydrogen-bond donors (Lipinski definition) is 2. The SMILES string of the molecule is CC(NC(=O)c1ccc(/C(F)=C/C(c2cc(Cl)c(Cl)c(Cl)c2)C(F)(F)F)cc1C(F)(F)F)C(=O)N(O)CC(F)(F)F. The minimum absolute atomic E-state index is 0.0183. The Kier molecular flexibility index (Phi) is 10.6. The molecule has 41 heavy (non-hydrogen) atoms. The maximum Gasteiger partial charge on any atom is 0.417 e. The molecule has 0 aliphatic carbocycles. The lowest BCUT2D eigenvalue weighted by Gasteiger charge is -2.22. The van der Waals surface area contributed by atoms with Gasteiger partial charge in [0.1, 0.15) is 24.3 Å². The lowest BCUT2D eigenvalue weighted by atomic mass is 9.95. The highest BCUT2D eigenvalue weighted by molar-refractivity contribution is 6.48. The summed E-state index contributed by atoms with van der Waals surface area (Å²) < 4.78 is 134. The second-order valence-electron chi connectivity index (χ2n) is 8.30. The van der Waals surface area contributed by atoms with Gasteiger partial charge in [0.05, 0.1) is 26.2 Å². The van der Waals surface area contributed by atoms with Crippen LogP contribution in [0.4, 0.5) is 43.9 Å². The van der Waals surface area contributed by atoms with Crippen molar-refractivity contribution in [1.29, 1.82) is 0 Å². The van der Waals surface area contributed by atoms with E-state index in [0.717, 1.165) is 19.1 Å². The fourth-order valence-corrected chi connectivity index (χ4v) is 3.92. The number of hydrogen-bond acceptors (Lipinski definition) is 3. The molecule has 2 N–H and O–H groups in total. The van der Waals surface area contributed by atoms with Gasteiger partial charge in [-0.15, -0.1) is 0 Å². The van der Waals surface area contributed by atoms with Gasteiger partial charge in [-0.05, 0) is 42.8 Å². The summed E-state index contributed by atoms with van der Waals surface area (Å²) >= 11 is 17.2. The molecule has 0 spiro atoms. The van der Waals surface area contributed by atoms with Crippen molar-refractivity contribution >= 4 is 52.4 Å². The molecule has 0 aromatic heterocycles. The molecule has 0 aliphatic heterocycles. The summed E-state index contributed by atoms with van der Waals surface area (Å²) in [6.45, 7) is -1.38. The monoisotopic (exact) mass is 662 g/mol. The molecular weight excluding hydrogens is 649 g/mol. The summed E-state index contributed by atoms with van der Waals surface area (Å²) in [4.78, 5) is 24.3. The van der Waals surface area contributed by atoms with Crippen molar-refractivity contribution in [2.45, 2.75) is 37.4 Å². The highest BCUT2D eigenvalue weighted by Gasteiger charge is 2.41. The van der Waals surface area contributed by atoms with E-state index in [-0.39, 0.29) is 17.2 Å². The van der Waals surface area contributed by atoms with Crippen LogP contribution in [-0.2, 0) is 11.0 Å². The average Bonchev–Trinajstić information content (AvgIpc) is 2.82. The van der Waals surface area contributed by atoms with Crippen molar-refractivity contribution in [2.75, 3.05) is 6.54 Å². The molecule has 0 radical (unpaired) electrons. The van der Waals surface area contributed by atoms with Crippen LogP contribution in [0.15, 0.2) is 36.4 Å². The highest BCUT2D eigenvalue weighted by Crippen LogP contribution is 2.42. The van der Waals surface area contributed by atoms with Crippen LogP contribution in [0.1, 0.15) is 39.9 Å². The minimum atomic E-state index is -5.39. The number of carbonyl (C=O) groups is 2. The second kappa shape index (κ2) is 12.6. The Bertz CT molecular complexity index is 1320. The Morgan fingerprint density at radius 2 is 1.51 bits per heavy atom. The molecule has 226 valence electrons. The van der Waals surface area contributed by atoms with E-state index >= 15 is 0 Å². The fraction of sp³-hybridized carbons (Fsp3) is 0.304. The van der Waals surface area contributed by atoms with E-state index < -0.39 is 92.0 Å². The van der Waals surface area contributed by atoms with Crippen molar-refractivity contribution in [2.24, 2.45) is 0 Å². The first-order valence-electron chi connectivity index (χ1n) is 10.7. The molecule has 2 aromatic carbocycles. The first kappa shape index (κ1) is 34.5. The molecule has 2 aromatic rings. The lowest BCUT2D eigenvalue weighted by Crippen LogP contribution is -2.48. The van der Waals surface area contributed by atoms with E-state index in [1.54, 1.807) is 5.32 Å². The van der Waals surface area contributed by atoms with Crippen LogP contribution in [0.5, 0.6) is 0 Å². The van der Waals surface area contributed by atoms with Gasteiger partial charge in [-0.1, -0.05) is 40.9 Å². The van der Waals surface area contributed by atoms with Crippen molar-refractivity contribution in [3.63, 3.8) is 0 Å². The summed E-state index contributed by atoms with van der Waals surface area (Å²) in [7, 11) is 0. The van der Waals surface area contributed by atoms with Crippen molar-refractivity contribution in [3.8, 4) is 0 Å². The number of hydroxylamine groups is 2. The van der Waals surface area contributed by atoms with E-state index in [9.17, 15) is 58.7 Å². The van der Waals surface area contributed by atoms with Gasteiger partial charge in [0.2, 0.25) is 0 Å². The highest BCUT2D eigenvalue weighted by atomic mass is 35.5. The van der Waals surface area contributed by atoms with Crippen molar-refractivity contribution in [3.05, 3.63) is 73.7 Å². The van der Waals surface area contributed by atoms with Gasteiger partial charge in [-0.2, -0.15) is 39.5 Å². The van der Waals surface area contributed by atoms with Gasteiger partial charge in [-0.3, -0.25) is 14.8 Å². The van der Waals surface area contributed by atoms with Crippen LogP contribution in [0.3, 0.4) is 0 Å². The molecule has 0 saturated heterocycles.